The Hall–Kier alpha value is -0.890. The lowest BCUT2D eigenvalue weighted by Gasteiger charge is -2.25. The molecule has 2 heteroatoms. The summed E-state index contributed by atoms with van der Waals surface area (Å²) in [5, 5.41) is 10.2. The molecule has 0 saturated carbocycles. The Labute approximate surface area is 79.6 Å². The SMILES string of the molecule is CCC(O)(CC)c1ccc(C)nc1. The van der Waals surface area contributed by atoms with Gasteiger partial charge in [-0.3, -0.25) is 4.98 Å². The van der Waals surface area contributed by atoms with E-state index in [2.05, 4.69) is 4.98 Å². The summed E-state index contributed by atoms with van der Waals surface area (Å²) in [6, 6.07) is 3.89. The molecule has 72 valence electrons. The molecule has 0 radical (unpaired) electrons. The van der Waals surface area contributed by atoms with Crippen LogP contribution in [-0.4, -0.2) is 10.1 Å². The first kappa shape index (κ1) is 10.2. The highest BCUT2D eigenvalue weighted by atomic mass is 16.3. The monoisotopic (exact) mass is 179 g/mol. The number of aryl methyl sites for hydroxylation is 1. The summed E-state index contributed by atoms with van der Waals surface area (Å²) in [6.07, 6.45) is 3.23. The molecule has 1 aromatic rings. The lowest BCUT2D eigenvalue weighted by atomic mass is 9.90. The first-order chi connectivity index (χ1) is 6.12. The van der Waals surface area contributed by atoms with Crippen molar-refractivity contribution in [3.63, 3.8) is 0 Å². The summed E-state index contributed by atoms with van der Waals surface area (Å²) in [6.45, 7) is 5.92. The van der Waals surface area contributed by atoms with Gasteiger partial charge in [-0.25, -0.2) is 0 Å². The third-order valence-electron chi connectivity index (χ3n) is 2.62. The van der Waals surface area contributed by atoms with Crippen LogP contribution < -0.4 is 0 Å². The maximum absolute atomic E-state index is 10.2. The molecule has 0 aromatic carbocycles. The molecule has 1 heterocycles. The van der Waals surface area contributed by atoms with Gasteiger partial charge in [0.15, 0.2) is 0 Å². The summed E-state index contributed by atoms with van der Waals surface area (Å²) in [7, 11) is 0. The Morgan fingerprint density at radius 1 is 1.31 bits per heavy atom. The molecule has 0 fully saturated rings. The average molecular weight is 179 g/mol. The molecule has 0 aliphatic carbocycles. The second kappa shape index (κ2) is 3.88. The van der Waals surface area contributed by atoms with Gasteiger partial charge in [0, 0.05) is 17.5 Å². The Morgan fingerprint density at radius 3 is 2.31 bits per heavy atom. The minimum Gasteiger partial charge on any atom is -0.385 e. The molecule has 0 saturated heterocycles. The van der Waals surface area contributed by atoms with Crippen molar-refractivity contribution in [3.05, 3.63) is 29.6 Å². The van der Waals surface area contributed by atoms with Crippen LogP contribution in [0.4, 0.5) is 0 Å². The van der Waals surface area contributed by atoms with Crippen LogP contribution in [0.15, 0.2) is 18.3 Å². The van der Waals surface area contributed by atoms with Gasteiger partial charge in [-0.05, 0) is 25.8 Å². The van der Waals surface area contributed by atoms with Crippen molar-refractivity contribution in [1.82, 2.24) is 4.98 Å². The first-order valence-corrected chi connectivity index (χ1v) is 4.78. The number of aromatic nitrogens is 1. The smallest absolute Gasteiger partial charge is 0.0906 e. The highest BCUT2D eigenvalue weighted by Crippen LogP contribution is 2.27. The van der Waals surface area contributed by atoms with Crippen LogP contribution in [0.2, 0.25) is 0 Å². The van der Waals surface area contributed by atoms with Crippen molar-refractivity contribution in [2.45, 2.75) is 39.2 Å². The Kier molecular flexibility index (Phi) is 3.04. The zero-order valence-electron chi connectivity index (χ0n) is 8.54. The average Bonchev–Trinajstić information content (AvgIpc) is 2.18. The van der Waals surface area contributed by atoms with Crippen LogP contribution in [0.3, 0.4) is 0 Å². The van der Waals surface area contributed by atoms with Crippen LogP contribution in [0.1, 0.15) is 37.9 Å². The van der Waals surface area contributed by atoms with E-state index in [1.165, 1.54) is 0 Å². The summed E-state index contributed by atoms with van der Waals surface area (Å²) in [5.41, 5.74) is 1.21. The van der Waals surface area contributed by atoms with Crippen LogP contribution in [0, 0.1) is 6.92 Å². The number of aliphatic hydroxyl groups is 1. The Bertz CT molecular complexity index is 262. The summed E-state index contributed by atoms with van der Waals surface area (Å²) in [5.74, 6) is 0. The van der Waals surface area contributed by atoms with Crippen molar-refractivity contribution >= 4 is 0 Å². The molecular formula is C11H17NO. The minimum atomic E-state index is -0.694. The minimum absolute atomic E-state index is 0.694. The van der Waals surface area contributed by atoms with Gasteiger partial charge in [-0.2, -0.15) is 0 Å². The van der Waals surface area contributed by atoms with Gasteiger partial charge in [-0.1, -0.05) is 19.9 Å². The van der Waals surface area contributed by atoms with Gasteiger partial charge in [0.05, 0.1) is 5.60 Å². The maximum Gasteiger partial charge on any atom is 0.0906 e. The predicted octanol–water partition coefficient (Wildman–Crippen LogP) is 2.40. The molecule has 1 N–H and O–H groups in total. The lowest BCUT2D eigenvalue weighted by Crippen LogP contribution is -2.23. The Balaban J connectivity index is 2.99. The van der Waals surface area contributed by atoms with Crippen molar-refractivity contribution in [3.8, 4) is 0 Å². The predicted molar refractivity (Wildman–Crippen MR) is 53.5 cm³/mol. The van der Waals surface area contributed by atoms with Crippen LogP contribution in [0.25, 0.3) is 0 Å². The second-order valence-electron chi connectivity index (χ2n) is 3.43. The van der Waals surface area contributed by atoms with Crippen molar-refractivity contribution in [2.75, 3.05) is 0 Å². The van der Waals surface area contributed by atoms with Gasteiger partial charge in [0.25, 0.3) is 0 Å². The summed E-state index contributed by atoms with van der Waals surface area (Å²) < 4.78 is 0. The number of hydrogen-bond acceptors (Lipinski definition) is 2. The number of nitrogens with zero attached hydrogens (tertiary/aromatic N) is 1. The highest BCUT2D eigenvalue weighted by Gasteiger charge is 2.24. The van der Waals surface area contributed by atoms with E-state index in [4.69, 9.17) is 0 Å². The number of rotatable bonds is 3. The molecule has 0 amide bonds. The summed E-state index contributed by atoms with van der Waals surface area (Å²) >= 11 is 0. The quantitative estimate of drug-likeness (QED) is 0.773. The standard InChI is InChI=1S/C11H17NO/c1-4-11(13,5-2)10-7-6-9(3)12-8-10/h6-8,13H,4-5H2,1-3H3. The van der Waals surface area contributed by atoms with Crippen molar-refractivity contribution < 1.29 is 5.11 Å². The highest BCUT2D eigenvalue weighted by molar-refractivity contribution is 5.20. The molecule has 1 rings (SSSR count). The van der Waals surface area contributed by atoms with Gasteiger partial charge in [0.1, 0.15) is 0 Å². The van der Waals surface area contributed by atoms with Gasteiger partial charge >= 0.3 is 0 Å². The second-order valence-corrected chi connectivity index (χ2v) is 3.43. The van der Waals surface area contributed by atoms with Crippen molar-refractivity contribution in [1.29, 1.82) is 0 Å². The third kappa shape index (κ3) is 2.07. The fraction of sp³-hybridized carbons (Fsp3) is 0.545. The number of hydrogen-bond donors (Lipinski definition) is 1. The van der Waals surface area contributed by atoms with E-state index >= 15 is 0 Å². The van der Waals surface area contributed by atoms with E-state index in [1.807, 2.05) is 32.9 Å². The van der Waals surface area contributed by atoms with Gasteiger partial charge < -0.3 is 5.11 Å². The molecular weight excluding hydrogens is 162 g/mol. The topological polar surface area (TPSA) is 33.1 Å². The molecule has 0 spiro atoms. The largest absolute Gasteiger partial charge is 0.385 e. The van der Waals surface area contributed by atoms with Gasteiger partial charge in [0.2, 0.25) is 0 Å². The summed E-state index contributed by atoms with van der Waals surface area (Å²) in [4.78, 5) is 4.18. The van der Waals surface area contributed by atoms with E-state index < -0.39 is 5.60 Å². The third-order valence-corrected chi connectivity index (χ3v) is 2.62. The Morgan fingerprint density at radius 2 is 1.92 bits per heavy atom. The molecule has 0 atom stereocenters. The molecule has 2 nitrogen and oxygen atoms in total. The maximum atomic E-state index is 10.2. The molecule has 0 bridgehead atoms. The zero-order valence-corrected chi connectivity index (χ0v) is 8.54. The van der Waals surface area contributed by atoms with E-state index in [0.717, 1.165) is 24.1 Å². The van der Waals surface area contributed by atoms with Crippen LogP contribution in [-0.2, 0) is 5.60 Å². The molecule has 1 aromatic heterocycles. The number of pyridine rings is 1. The molecule has 0 aliphatic rings. The van der Waals surface area contributed by atoms with E-state index in [0.29, 0.717) is 0 Å². The molecule has 0 aliphatic heterocycles. The fourth-order valence-electron chi connectivity index (χ4n) is 1.40. The van der Waals surface area contributed by atoms with Gasteiger partial charge in [-0.15, -0.1) is 0 Å². The normalized spacial score (nSPS) is 11.7. The molecule has 0 unspecified atom stereocenters. The molecule has 13 heavy (non-hydrogen) atoms. The van der Waals surface area contributed by atoms with Crippen LogP contribution in [0.5, 0.6) is 0 Å². The van der Waals surface area contributed by atoms with E-state index in [-0.39, 0.29) is 0 Å². The van der Waals surface area contributed by atoms with Crippen LogP contribution >= 0.6 is 0 Å². The first-order valence-electron chi connectivity index (χ1n) is 4.78. The lowest BCUT2D eigenvalue weighted by molar-refractivity contribution is 0.0280. The van der Waals surface area contributed by atoms with E-state index in [9.17, 15) is 5.11 Å². The fourth-order valence-corrected chi connectivity index (χ4v) is 1.40. The van der Waals surface area contributed by atoms with Crippen molar-refractivity contribution in [2.24, 2.45) is 0 Å². The van der Waals surface area contributed by atoms with E-state index in [1.54, 1.807) is 6.20 Å². The zero-order chi connectivity index (χ0) is 9.90.